The minimum absolute atomic E-state index is 0.0737. The monoisotopic (exact) mass is 220 g/mol. The third-order valence-electron chi connectivity index (χ3n) is 1.44. The molecule has 86 valence electrons. The molecule has 0 aromatic heterocycles. The largest absolute Gasteiger partial charge is 0.464 e. The van der Waals surface area contributed by atoms with Crippen LogP contribution >= 0.6 is 0 Å². The Morgan fingerprint density at radius 2 is 1.86 bits per heavy atom. The van der Waals surface area contributed by atoms with E-state index in [0.717, 1.165) is 0 Å². The Bertz CT molecular complexity index is 116. The molecular weight excluding hydrogens is 196 g/mol. The number of rotatable bonds is 6. The van der Waals surface area contributed by atoms with E-state index in [1.54, 1.807) is 6.92 Å². The summed E-state index contributed by atoms with van der Waals surface area (Å²) >= 11 is 0. The third kappa shape index (κ3) is 17.7. The van der Waals surface area contributed by atoms with E-state index >= 15 is 0 Å². The Morgan fingerprint density at radius 3 is 2.14 bits per heavy atom. The summed E-state index contributed by atoms with van der Waals surface area (Å²) in [6.07, 6.45) is 2.83. The van der Waals surface area contributed by atoms with Gasteiger partial charge in [-0.15, -0.1) is 0 Å². The maximum atomic E-state index is 10.5. The molecule has 0 fully saturated rings. The van der Waals surface area contributed by atoms with Crippen LogP contribution in [0.1, 0.15) is 33.6 Å². The number of hydrogen-bond acceptors (Lipinski definition) is 3. The molecule has 3 nitrogen and oxygen atoms in total. The van der Waals surface area contributed by atoms with E-state index < -0.39 is 0 Å². The van der Waals surface area contributed by atoms with E-state index in [0.29, 0.717) is 13.2 Å². The molecule has 0 heterocycles. The normalized spacial score (nSPS) is 9.07. The summed E-state index contributed by atoms with van der Waals surface area (Å²) in [6.45, 7) is 6.88. The zero-order valence-electron chi connectivity index (χ0n) is 9.97. The van der Waals surface area contributed by atoms with Crippen molar-refractivity contribution in [2.45, 2.75) is 39.7 Å². The summed E-state index contributed by atoms with van der Waals surface area (Å²) < 4.78 is 9.35. The highest BCUT2D eigenvalue weighted by molar-refractivity contribution is 6.08. The van der Waals surface area contributed by atoms with Crippen LogP contribution in [-0.4, -0.2) is 36.0 Å². The summed E-state index contributed by atoms with van der Waals surface area (Å²) in [5.41, 5.74) is 0. The lowest BCUT2D eigenvalue weighted by Gasteiger charge is -1.99. The van der Waals surface area contributed by atoms with Crippen LogP contribution in [0.15, 0.2) is 0 Å². The Morgan fingerprint density at radius 1 is 1.21 bits per heavy atom. The van der Waals surface area contributed by atoms with Crippen molar-refractivity contribution in [3.05, 3.63) is 0 Å². The first kappa shape index (κ1) is 16.1. The first-order valence-corrected chi connectivity index (χ1v) is 6.87. The average Bonchev–Trinajstić information content (AvgIpc) is 2.17. The number of hydrogen-bond donors (Lipinski definition) is 0. The summed E-state index contributed by atoms with van der Waals surface area (Å²) in [6, 6.07) is 1.48. The van der Waals surface area contributed by atoms with E-state index in [9.17, 15) is 4.79 Å². The molecule has 0 saturated carbocycles. The molecule has 0 N–H and O–H groups in total. The molecule has 0 aliphatic heterocycles. The van der Waals surface area contributed by atoms with Crippen LogP contribution < -0.4 is 0 Å². The van der Waals surface area contributed by atoms with E-state index in [1.165, 1.54) is 29.1 Å². The predicted molar refractivity (Wildman–Crippen MR) is 62.8 cm³/mol. The molecular formula is C10H24O3Si. The van der Waals surface area contributed by atoms with E-state index in [2.05, 4.69) is 11.7 Å². The van der Waals surface area contributed by atoms with E-state index in [1.807, 2.05) is 6.92 Å². The minimum Gasteiger partial charge on any atom is -0.464 e. The van der Waals surface area contributed by atoms with Gasteiger partial charge in [-0.05, 0) is 13.8 Å². The van der Waals surface area contributed by atoms with Crippen molar-refractivity contribution in [1.82, 2.24) is 0 Å². The van der Waals surface area contributed by atoms with Crippen LogP contribution in [0.3, 0.4) is 0 Å². The van der Waals surface area contributed by atoms with Gasteiger partial charge in [0.1, 0.15) is 6.61 Å². The number of esters is 1. The highest BCUT2D eigenvalue weighted by atomic mass is 28.1. The molecule has 0 bridgehead atoms. The van der Waals surface area contributed by atoms with Gasteiger partial charge in [0.05, 0.1) is 6.61 Å². The van der Waals surface area contributed by atoms with Crippen molar-refractivity contribution in [3.63, 3.8) is 0 Å². The quantitative estimate of drug-likeness (QED) is 0.498. The maximum Gasteiger partial charge on any atom is 0.332 e. The van der Waals surface area contributed by atoms with Crippen molar-refractivity contribution in [2.75, 3.05) is 19.8 Å². The molecule has 0 radical (unpaired) electrons. The fourth-order valence-corrected chi connectivity index (χ4v) is 1.45. The van der Waals surface area contributed by atoms with Gasteiger partial charge in [-0.3, -0.25) is 0 Å². The van der Waals surface area contributed by atoms with Gasteiger partial charge in [-0.25, -0.2) is 4.79 Å². The molecule has 14 heavy (non-hydrogen) atoms. The lowest BCUT2D eigenvalue weighted by Crippen LogP contribution is -2.11. The van der Waals surface area contributed by atoms with Gasteiger partial charge >= 0.3 is 5.97 Å². The number of carbonyl (C=O) groups is 1. The van der Waals surface area contributed by atoms with Crippen molar-refractivity contribution in [3.8, 4) is 0 Å². The summed E-state index contributed by atoms with van der Waals surface area (Å²) in [5, 5.41) is 0. The molecule has 0 aliphatic rings. The fourth-order valence-electron chi connectivity index (χ4n) is 0.742. The molecule has 0 aromatic rings. The second-order valence-corrected chi connectivity index (χ2v) is 3.80. The standard InChI is InChI=1S/C6H12O3.C4H12Si/c1-3-8-5-6(7)9-4-2;1-2-3-4-5/h3-5H2,1-2H3;2-4H2,1,5H3. The molecule has 0 aliphatic carbocycles. The van der Waals surface area contributed by atoms with Crippen molar-refractivity contribution >= 4 is 16.2 Å². The molecule has 0 atom stereocenters. The Hall–Kier alpha value is -0.353. The van der Waals surface area contributed by atoms with Crippen LogP contribution in [0.5, 0.6) is 0 Å². The van der Waals surface area contributed by atoms with Gasteiger partial charge in [-0.1, -0.05) is 25.8 Å². The summed E-state index contributed by atoms with van der Waals surface area (Å²) in [5.74, 6) is -0.292. The van der Waals surface area contributed by atoms with Crippen LogP contribution in [0.4, 0.5) is 0 Å². The first-order valence-electron chi connectivity index (χ1n) is 5.46. The molecule has 0 spiro atoms. The van der Waals surface area contributed by atoms with Crippen LogP contribution in [0.2, 0.25) is 6.04 Å². The molecule has 0 unspecified atom stereocenters. The van der Waals surface area contributed by atoms with Gasteiger partial charge < -0.3 is 9.47 Å². The maximum absolute atomic E-state index is 10.5. The number of unbranched alkanes of at least 4 members (excludes halogenated alkanes) is 1. The highest BCUT2D eigenvalue weighted by Gasteiger charge is 1.97. The zero-order chi connectivity index (χ0) is 11.2. The number of carbonyl (C=O) groups excluding carboxylic acids is 1. The average molecular weight is 220 g/mol. The van der Waals surface area contributed by atoms with E-state index in [4.69, 9.17) is 4.74 Å². The molecule has 4 heteroatoms. The summed E-state index contributed by atoms with van der Waals surface area (Å²) in [7, 11) is 1.40. The van der Waals surface area contributed by atoms with Gasteiger partial charge in [0.15, 0.2) is 0 Å². The summed E-state index contributed by atoms with van der Waals surface area (Å²) in [4.78, 5) is 10.5. The topological polar surface area (TPSA) is 35.5 Å². The van der Waals surface area contributed by atoms with Crippen molar-refractivity contribution < 1.29 is 14.3 Å². The van der Waals surface area contributed by atoms with E-state index in [-0.39, 0.29) is 12.6 Å². The third-order valence-corrected chi connectivity index (χ3v) is 2.14. The molecule has 0 amide bonds. The Balaban J connectivity index is 0. The van der Waals surface area contributed by atoms with Crippen LogP contribution in [0, 0.1) is 0 Å². The molecule has 0 rings (SSSR count). The molecule has 0 saturated heterocycles. The van der Waals surface area contributed by atoms with Crippen molar-refractivity contribution in [1.29, 1.82) is 0 Å². The number of ether oxygens (including phenoxy) is 2. The SMILES string of the molecule is CCCC[SiH3].CCOCC(=O)OCC. The smallest absolute Gasteiger partial charge is 0.332 e. The fraction of sp³-hybridized carbons (Fsp3) is 0.900. The van der Waals surface area contributed by atoms with Crippen LogP contribution in [0.25, 0.3) is 0 Å². The Kier molecular flexibility index (Phi) is 17.4. The lowest BCUT2D eigenvalue weighted by molar-refractivity contribution is -0.148. The lowest BCUT2D eigenvalue weighted by atomic mass is 10.4. The van der Waals surface area contributed by atoms with Gasteiger partial charge in [-0.2, -0.15) is 0 Å². The second kappa shape index (κ2) is 15.1. The first-order chi connectivity index (χ1) is 6.72. The minimum atomic E-state index is -0.292. The van der Waals surface area contributed by atoms with Gasteiger partial charge in [0.25, 0.3) is 0 Å². The molecule has 0 aromatic carbocycles. The van der Waals surface area contributed by atoms with Crippen LogP contribution in [-0.2, 0) is 14.3 Å². The van der Waals surface area contributed by atoms with Gasteiger partial charge in [0, 0.05) is 16.8 Å². The second-order valence-electron chi connectivity index (χ2n) is 2.80. The zero-order valence-corrected chi connectivity index (χ0v) is 12.0. The highest BCUT2D eigenvalue weighted by Crippen LogP contribution is 1.86. The van der Waals surface area contributed by atoms with Gasteiger partial charge in [0.2, 0.25) is 0 Å². The Labute approximate surface area is 90.6 Å². The van der Waals surface area contributed by atoms with Crippen molar-refractivity contribution in [2.24, 2.45) is 0 Å². The predicted octanol–water partition coefficient (Wildman–Crippen LogP) is 1.16.